The topological polar surface area (TPSA) is 99.7 Å². The van der Waals surface area contributed by atoms with E-state index in [0.29, 0.717) is 18.0 Å². The van der Waals surface area contributed by atoms with Crippen LogP contribution in [0.3, 0.4) is 0 Å². The molecule has 1 aromatic heterocycles. The van der Waals surface area contributed by atoms with E-state index in [2.05, 4.69) is 4.98 Å². The van der Waals surface area contributed by atoms with E-state index in [-0.39, 0.29) is 51.4 Å². The van der Waals surface area contributed by atoms with E-state index in [1.807, 2.05) is 19.1 Å². The zero-order valence-electron chi connectivity index (χ0n) is 19.7. The molecule has 4 aliphatic rings. The van der Waals surface area contributed by atoms with Crippen molar-refractivity contribution >= 4 is 40.6 Å². The van der Waals surface area contributed by atoms with Crippen molar-refractivity contribution in [3.05, 3.63) is 68.4 Å². The first-order valence-corrected chi connectivity index (χ1v) is 14.1. The number of H-pyrrole nitrogens is 1. The number of nitrogens with zero attached hydrogens (tertiary/aromatic N) is 1. The number of carbonyl (C=O) groups excluding carboxylic acids is 2. The molecule has 2 bridgehead atoms. The second-order valence-corrected chi connectivity index (χ2v) is 12.3. The van der Waals surface area contributed by atoms with Gasteiger partial charge in [-0.1, -0.05) is 17.4 Å². The number of anilines is 1. The molecule has 2 N–H and O–H groups in total. The fourth-order valence-electron chi connectivity index (χ4n) is 7.23. The molecule has 2 aliphatic carbocycles. The molecule has 37 heavy (non-hydrogen) atoms. The maximum absolute atomic E-state index is 13.7. The molecule has 2 amide bonds. The number of amides is 2. The average Bonchev–Trinajstić information content (AvgIpc) is 3.60. The van der Waals surface area contributed by atoms with Crippen molar-refractivity contribution in [1.82, 2.24) is 4.98 Å². The van der Waals surface area contributed by atoms with Gasteiger partial charge in [-0.25, -0.2) is 4.39 Å². The predicted molar refractivity (Wildman–Crippen MR) is 137 cm³/mol. The van der Waals surface area contributed by atoms with Gasteiger partial charge in [0.2, 0.25) is 11.8 Å². The number of carbonyl (C=O) groups is 2. The molecule has 3 aromatic rings. The lowest BCUT2D eigenvalue weighted by molar-refractivity contribution is -0.123. The van der Waals surface area contributed by atoms with Crippen LogP contribution >= 0.6 is 23.1 Å². The van der Waals surface area contributed by atoms with Crippen molar-refractivity contribution in [3.63, 3.8) is 0 Å². The predicted octanol–water partition coefficient (Wildman–Crippen LogP) is 4.36. The molecule has 0 spiro atoms. The number of benzene rings is 2. The SMILES string of the molecule is CCOc1cc([C@H]2c3sc(=O)[nH]c3S[C@H]3[C@@H]4C[C@H]([C@H]5C(=O)N(c6ccc(F)cc6)C(=O)[C@H]45)[C@H]23)ccc1O. The van der Waals surface area contributed by atoms with Crippen molar-refractivity contribution in [2.45, 2.75) is 29.5 Å². The monoisotopic (exact) mass is 538 g/mol. The van der Waals surface area contributed by atoms with E-state index in [9.17, 15) is 23.9 Å². The lowest BCUT2D eigenvalue weighted by Crippen LogP contribution is -2.42. The standard InChI is InChI=1S/C27H23FN2O5S2/c1-2-35-17-9-11(3-8-16(17)31)18-19-14-10-15(22(19)36-24-23(18)37-27(34)29-24)21-20(14)25(32)30(26(21)33)13-6-4-12(28)5-7-13/h3-9,14-15,18-22,31H,2,10H2,1H3,(H,29,34)/t14-,15+,18+,19+,20+,21+,22-/m0/s1. The van der Waals surface area contributed by atoms with Crippen molar-refractivity contribution in [2.75, 3.05) is 11.5 Å². The van der Waals surface area contributed by atoms with Crippen LogP contribution in [0.5, 0.6) is 11.5 Å². The summed E-state index contributed by atoms with van der Waals surface area (Å²) in [4.78, 5) is 44.8. The molecule has 190 valence electrons. The fraction of sp³-hybridized carbons (Fsp3) is 0.370. The maximum atomic E-state index is 13.7. The van der Waals surface area contributed by atoms with Gasteiger partial charge in [0.25, 0.3) is 0 Å². The minimum atomic E-state index is -0.437. The van der Waals surface area contributed by atoms with E-state index >= 15 is 0 Å². The molecular weight excluding hydrogens is 515 g/mol. The van der Waals surface area contributed by atoms with Crippen molar-refractivity contribution < 1.29 is 23.8 Å². The third-order valence-corrected chi connectivity index (χ3v) is 11.0. The molecule has 3 fully saturated rings. The van der Waals surface area contributed by atoms with Gasteiger partial charge in [-0.15, -0.1) is 11.8 Å². The van der Waals surface area contributed by atoms with Crippen LogP contribution in [0.25, 0.3) is 0 Å². The Kier molecular flexibility index (Phi) is 5.10. The third kappa shape index (κ3) is 3.21. The minimum Gasteiger partial charge on any atom is -0.504 e. The van der Waals surface area contributed by atoms with E-state index in [4.69, 9.17) is 4.74 Å². The first-order chi connectivity index (χ1) is 17.9. The highest BCUT2D eigenvalue weighted by Crippen LogP contribution is 2.68. The number of aromatic hydroxyl groups is 1. The number of ether oxygens (including phenoxy) is 1. The summed E-state index contributed by atoms with van der Waals surface area (Å²) < 4.78 is 19.2. The Labute approximate surface area is 219 Å². The third-order valence-electron chi connectivity index (χ3n) is 8.45. The summed E-state index contributed by atoms with van der Waals surface area (Å²) >= 11 is 2.81. The Balaban J connectivity index is 1.32. The zero-order chi connectivity index (χ0) is 25.6. The normalized spacial score (nSPS) is 31.4. The number of thioether (sulfide) groups is 1. The van der Waals surface area contributed by atoms with Gasteiger partial charge in [0.05, 0.1) is 29.2 Å². The molecule has 1 saturated heterocycles. The Bertz CT molecular complexity index is 1500. The van der Waals surface area contributed by atoms with Crippen LogP contribution in [0, 0.1) is 35.4 Å². The number of aromatic amines is 1. The van der Waals surface area contributed by atoms with Gasteiger partial charge < -0.3 is 14.8 Å². The van der Waals surface area contributed by atoms with Crippen molar-refractivity contribution in [3.8, 4) is 11.5 Å². The summed E-state index contributed by atoms with van der Waals surface area (Å²) in [5.74, 6) is -1.43. The quantitative estimate of drug-likeness (QED) is 0.479. The molecule has 0 radical (unpaired) electrons. The van der Waals surface area contributed by atoms with E-state index in [1.165, 1.54) is 40.5 Å². The Morgan fingerprint density at radius 3 is 2.54 bits per heavy atom. The van der Waals surface area contributed by atoms with Crippen molar-refractivity contribution in [1.29, 1.82) is 0 Å². The van der Waals surface area contributed by atoms with E-state index < -0.39 is 17.7 Å². The van der Waals surface area contributed by atoms with Gasteiger partial charge >= 0.3 is 4.87 Å². The largest absolute Gasteiger partial charge is 0.504 e. The molecule has 3 heterocycles. The number of halogens is 1. The van der Waals surface area contributed by atoms with Crippen molar-refractivity contribution in [2.24, 2.45) is 29.6 Å². The average molecular weight is 539 g/mol. The molecule has 2 aliphatic heterocycles. The van der Waals surface area contributed by atoms with Crippen LogP contribution in [0.4, 0.5) is 10.1 Å². The van der Waals surface area contributed by atoms with Gasteiger partial charge in [-0.3, -0.25) is 19.3 Å². The smallest absolute Gasteiger partial charge is 0.305 e. The maximum Gasteiger partial charge on any atom is 0.305 e. The molecule has 7 nitrogen and oxygen atoms in total. The van der Waals surface area contributed by atoms with Crippen LogP contribution in [0.15, 0.2) is 52.3 Å². The lowest BCUT2D eigenvalue weighted by Gasteiger charge is -2.43. The Morgan fingerprint density at radius 2 is 1.81 bits per heavy atom. The van der Waals surface area contributed by atoms with E-state index in [0.717, 1.165) is 21.9 Å². The van der Waals surface area contributed by atoms with Crippen LogP contribution in [0.1, 0.15) is 29.7 Å². The minimum absolute atomic E-state index is 0.00516. The van der Waals surface area contributed by atoms with Crippen LogP contribution in [-0.4, -0.2) is 33.8 Å². The second kappa shape index (κ2) is 8.19. The first kappa shape index (κ1) is 23.0. The summed E-state index contributed by atoms with van der Waals surface area (Å²) in [6.07, 6.45) is 0.776. The number of fused-ring (bicyclic) bond motifs is 9. The highest BCUT2D eigenvalue weighted by molar-refractivity contribution is 8.00. The molecule has 2 aromatic carbocycles. The molecule has 7 rings (SSSR count). The number of imide groups is 1. The number of hydrogen-bond donors (Lipinski definition) is 2. The lowest BCUT2D eigenvalue weighted by atomic mass is 9.68. The van der Waals surface area contributed by atoms with E-state index in [1.54, 1.807) is 17.8 Å². The van der Waals surface area contributed by atoms with Gasteiger partial charge in [0.15, 0.2) is 11.5 Å². The summed E-state index contributed by atoms with van der Waals surface area (Å²) in [6.45, 7) is 2.25. The number of thiazole rings is 1. The van der Waals surface area contributed by atoms with Crippen LogP contribution in [-0.2, 0) is 9.59 Å². The number of aromatic nitrogens is 1. The van der Waals surface area contributed by atoms with Gasteiger partial charge in [0.1, 0.15) is 5.82 Å². The number of phenols is 1. The Morgan fingerprint density at radius 1 is 1.08 bits per heavy atom. The van der Waals surface area contributed by atoms with Crippen LogP contribution < -0.4 is 14.5 Å². The summed E-state index contributed by atoms with van der Waals surface area (Å²) in [5, 5.41) is 11.2. The van der Waals surface area contributed by atoms with Crippen LogP contribution in [0.2, 0.25) is 0 Å². The Hall–Kier alpha value is -3.11. The summed E-state index contributed by atoms with van der Waals surface area (Å²) in [7, 11) is 0. The number of nitrogens with one attached hydrogen (secondary N) is 1. The number of hydrogen-bond acceptors (Lipinski definition) is 7. The first-order valence-electron chi connectivity index (χ1n) is 12.4. The highest BCUT2D eigenvalue weighted by atomic mass is 32.2. The number of phenolic OH excluding ortho intramolecular Hbond substituents is 1. The van der Waals surface area contributed by atoms with Gasteiger partial charge in [-0.2, -0.15) is 0 Å². The molecule has 2 saturated carbocycles. The summed E-state index contributed by atoms with van der Waals surface area (Å²) in [5.41, 5.74) is 1.32. The fourth-order valence-corrected chi connectivity index (χ4v) is 10.1. The van der Waals surface area contributed by atoms with Gasteiger partial charge in [0, 0.05) is 16.0 Å². The van der Waals surface area contributed by atoms with Gasteiger partial charge in [-0.05, 0) is 73.1 Å². The molecule has 0 unspecified atom stereocenters. The second-order valence-electron chi connectivity index (χ2n) is 10.1. The summed E-state index contributed by atoms with van der Waals surface area (Å²) in [6, 6.07) is 10.8. The number of rotatable bonds is 4. The molecular formula is C27H23FN2O5S2. The highest BCUT2D eigenvalue weighted by Gasteiger charge is 2.69. The molecule has 10 heteroatoms. The zero-order valence-corrected chi connectivity index (χ0v) is 21.4. The molecule has 7 atom stereocenters.